The minimum Gasteiger partial charge on any atom is -0.496 e. The molecule has 0 atom stereocenters. The Kier molecular flexibility index (Phi) is 3.09. The molecule has 4 rings (SSSR count). The molecule has 1 aromatic heterocycles. The number of hydrogen-bond acceptors (Lipinski definition) is 3. The molecule has 1 aliphatic rings. The summed E-state index contributed by atoms with van der Waals surface area (Å²) < 4.78 is 5.62. The lowest BCUT2D eigenvalue weighted by Gasteiger charge is -2.15. The van der Waals surface area contributed by atoms with Gasteiger partial charge in [0.2, 0.25) is 0 Å². The van der Waals surface area contributed by atoms with E-state index < -0.39 is 0 Å². The number of para-hydroxylation sites is 1. The summed E-state index contributed by atoms with van der Waals surface area (Å²) in [5.74, 6) is 0.913. The summed E-state index contributed by atoms with van der Waals surface area (Å²) in [7, 11) is 1.73. The molecule has 3 nitrogen and oxygen atoms in total. The number of nitrogens with one attached hydrogen (secondary N) is 1. The van der Waals surface area contributed by atoms with Gasteiger partial charge in [-0.25, -0.2) is 0 Å². The van der Waals surface area contributed by atoms with Crippen LogP contribution in [0.4, 0.5) is 0 Å². The van der Waals surface area contributed by atoms with Gasteiger partial charge in [-0.2, -0.15) is 0 Å². The van der Waals surface area contributed by atoms with E-state index in [1.807, 2.05) is 6.07 Å². The normalized spacial score (nSPS) is 13.4. The van der Waals surface area contributed by atoms with Crippen LogP contribution in [0.5, 0.6) is 5.75 Å². The second-order valence-electron chi connectivity index (χ2n) is 5.74. The lowest BCUT2D eigenvalue weighted by atomic mass is 9.93. The van der Waals surface area contributed by atoms with Gasteiger partial charge in [0.15, 0.2) is 0 Å². The Balaban J connectivity index is 2.12. The number of methoxy groups -OCH3 is 1. The standard InChI is InChI=1S/C19H18N2O/c1-12-7-8-18(22-2)14(9-12)19-13-5-3-4-6-16(13)21-17-11-20-10-15(17)19/h3-9,20H,10-11H2,1-2H3. The van der Waals surface area contributed by atoms with Crippen molar-refractivity contribution in [2.24, 2.45) is 0 Å². The molecule has 0 saturated carbocycles. The van der Waals surface area contributed by atoms with Crippen LogP contribution in [0, 0.1) is 6.92 Å². The van der Waals surface area contributed by atoms with Crippen LogP contribution in [0.1, 0.15) is 16.8 Å². The van der Waals surface area contributed by atoms with E-state index in [2.05, 4.69) is 48.6 Å². The molecule has 0 fully saturated rings. The van der Waals surface area contributed by atoms with Gasteiger partial charge in [0, 0.05) is 29.6 Å². The van der Waals surface area contributed by atoms with Crippen molar-refractivity contribution < 1.29 is 4.74 Å². The SMILES string of the molecule is COc1ccc(C)cc1-c1c2c(nc3ccccc13)CNC2. The number of nitrogens with zero attached hydrogens (tertiary/aromatic N) is 1. The lowest BCUT2D eigenvalue weighted by Crippen LogP contribution is -2.00. The second kappa shape index (κ2) is 5.11. The Labute approximate surface area is 130 Å². The molecule has 1 aliphatic heterocycles. The third-order valence-electron chi connectivity index (χ3n) is 4.30. The highest BCUT2D eigenvalue weighted by atomic mass is 16.5. The molecule has 22 heavy (non-hydrogen) atoms. The second-order valence-corrected chi connectivity index (χ2v) is 5.74. The summed E-state index contributed by atoms with van der Waals surface area (Å²) in [4.78, 5) is 4.82. The molecular weight excluding hydrogens is 272 g/mol. The number of aromatic nitrogens is 1. The molecule has 3 heteroatoms. The van der Waals surface area contributed by atoms with Gasteiger partial charge in [0.1, 0.15) is 5.75 Å². The first-order valence-corrected chi connectivity index (χ1v) is 7.54. The van der Waals surface area contributed by atoms with Crippen LogP contribution in [0.15, 0.2) is 42.5 Å². The average molecular weight is 290 g/mol. The van der Waals surface area contributed by atoms with Crippen molar-refractivity contribution in [3.63, 3.8) is 0 Å². The van der Waals surface area contributed by atoms with Gasteiger partial charge in [-0.15, -0.1) is 0 Å². The zero-order chi connectivity index (χ0) is 15.1. The summed E-state index contributed by atoms with van der Waals surface area (Å²) in [6, 6.07) is 14.7. The summed E-state index contributed by atoms with van der Waals surface area (Å²) in [5.41, 5.74) is 7.13. The average Bonchev–Trinajstić information content (AvgIpc) is 3.00. The Bertz CT molecular complexity index is 871. The van der Waals surface area contributed by atoms with E-state index in [4.69, 9.17) is 9.72 Å². The summed E-state index contributed by atoms with van der Waals surface area (Å²) in [6.07, 6.45) is 0. The van der Waals surface area contributed by atoms with Crippen molar-refractivity contribution in [2.75, 3.05) is 7.11 Å². The maximum Gasteiger partial charge on any atom is 0.126 e. The largest absolute Gasteiger partial charge is 0.496 e. The zero-order valence-corrected chi connectivity index (χ0v) is 12.8. The molecule has 1 N–H and O–H groups in total. The predicted octanol–water partition coefficient (Wildman–Crippen LogP) is 3.82. The van der Waals surface area contributed by atoms with Gasteiger partial charge < -0.3 is 10.1 Å². The van der Waals surface area contributed by atoms with Crippen molar-refractivity contribution >= 4 is 10.9 Å². The van der Waals surface area contributed by atoms with Crippen molar-refractivity contribution in [3.05, 3.63) is 59.3 Å². The summed E-state index contributed by atoms with van der Waals surface area (Å²) in [5, 5.41) is 4.61. The van der Waals surface area contributed by atoms with E-state index in [0.29, 0.717) is 0 Å². The molecule has 0 unspecified atom stereocenters. The monoisotopic (exact) mass is 290 g/mol. The first-order valence-electron chi connectivity index (χ1n) is 7.54. The molecule has 2 aromatic carbocycles. The van der Waals surface area contributed by atoms with Crippen molar-refractivity contribution in [3.8, 4) is 16.9 Å². The van der Waals surface area contributed by atoms with Crippen molar-refractivity contribution in [2.45, 2.75) is 20.0 Å². The van der Waals surface area contributed by atoms with Gasteiger partial charge in [0.05, 0.1) is 18.3 Å². The van der Waals surface area contributed by atoms with Crippen molar-refractivity contribution in [1.82, 2.24) is 10.3 Å². The number of benzene rings is 2. The Morgan fingerprint density at radius 3 is 2.82 bits per heavy atom. The van der Waals surface area contributed by atoms with E-state index >= 15 is 0 Å². The quantitative estimate of drug-likeness (QED) is 0.779. The third kappa shape index (κ3) is 1.97. The zero-order valence-electron chi connectivity index (χ0n) is 12.8. The molecule has 3 aromatic rings. The number of aryl methyl sites for hydroxylation is 1. The van der Waals surface area contributed by atoms with Crippen LogP contribution in [-0.4, -0.2) is 12.1 Å². The van der Waals surface area contributed by atoms with Gasteiger partial charge in [-0.1, -0.05) is 29.8 Å². The maximum atomic E-state index is 5.62. The molecular formula is C19H18N2O. The highest BCUT2D eigenvalue weighted by molar-refractivity contribution is 5.98. The molecule has 0 aliphatic carbocycles. The van der Waals surface area contributed by atoms with Crippen molar-refractivity contribution in [1.29, 1.82) is 0 Å². The topological polar surface area (TPSA) is 34.1 Å². The number of rotatable bonds is 2. The fourth-order valence-corrected chi connectivity index (χ4v) is 3.27. The van der Waals surface area contributed by atoms with Crippen LogP contribution in [0.25, 0.3) is 22.0 Å². The Morgan fingerprint density at radius 2 is 1.95 bits per heavy atom. The van der Waals surface area contributed by atoms with Crippen LogP contribution in [0.3, 0.4) is 0 Å². The molecule has 2 heterocycles. The smallest absolute Gasteiger partial charge is 0.126 e. The number of pyridine rings is 1. The van der Waals surface area contributed by atoms with E-state index in [1.165, 1.54) is 22.1 Å². The van der Waals surface area contributed by atoms with E-state index in [0.717, 1.165) is 35.6 Å². The van der Waals surface area contributed by atoms with E-state index in [-0.39, 0.29) is 0 Å². The Morgan fingerprint density at radius 1 is 1.09 bits per heavy atom. The Hall–Kier alpha value is -2.39. The lowest BCUT2D eigenvalue weighted by molar-refractivity contribution is 0.416. The van der Waals surface area contributed by atoms with Gasteiger partial charge in [-0.05, 0) is 30.7 Å². The van der Waals surface area contributed by atoms with Crippen LogP contribution >= 0.6 is 0 Å². The fraction of sp³-hybridized carbons (Fsp3) is 0.211. The van der Waals surface area contributed by atoms with Gasteiger partial charge in [-0.3, -0.25) is 4.98 Å². The molecule has 0 bridgehead atoms. The highest BCUT2D eigenvalue weighted by Crippen LogP contribution is 2.39. The van der Waals surface area contributed by atoms with Crippen LogP contribution < -0.4 is 10.1 Å². The number of fused-ring (bicyclic) bond motifs is 2. The maximum absolute atomic E-state index is 5.62. The van der Waals surface area contributed by atoms with Crippen LogP contribution in [-0.2, 0) is 13.1 Å². The minimum absolute atomic E-state index is 0.835. The molecule has 0 saturated heterocycles. The first-order chi connectivity index (χ1) is 10.8. The first kappa shape index (κ1) is 13.3. The molecule has 110 valence electrons. The van der Waals surface area contributed by atoms with Gasteiger partial charge >= 0.3 is 0 Å². The third-order valence-corrected chi connectivity index (χ3v) is 4.30. The highest BCUT2D eigenvalue weighted by Gasteiger charge is 2.22. The van der Waals surface area contributed by atoms with E-state index in [1.54, 1.807) is 7.11 Å². The molecule has 0 spiro atoms. The summed E-state index contributed by atoms with van der Waals surface area (Å²) >= 11 is 0. The fourth-order valence-electron chi connectivity index (χ4n) is 3.27. The summed E-state index contributed by atoms with van der Waals surface area (Å²) in [6.45, 7) is 3.81. The minimum atomic E-state index is 0.835. The predicted molar refractivity (Wildman–Crippen MR) is 89.0 cm³/mol. The number of hydrogen-bond donors (Lipinski definition) is 1. The van der Waals surface area contributed by atoms with Gasteiger partial charge in [0.25, 0.3) is 0 Å². The molecule has 0 amide bonds. The van der Waals surface area contributed by atoms with Crippen LogP contribution in [0.2, 0.25) is 0 Å². The number of ether oxygens (including phenoxy) is 1. The van der Waals surface area contributed by atoms with E-state index in [9.17, 15) is 0 Å². The molecule has 0 radical (unpaired) electrons.